The van der Waals surface area contributed by atoms with Gasteiger partial charge in [0.05, 0.1) is 24.2 Å². The molecule has 0 atom stereocenters. The number of aromatic nitrogens is 1. The third-order valence-electron chi connectivity index (χ3n) is 2.83. The number of hydrogen-bond acceptors (Lipinski definition) is 6. The number of methoxy groups -OCH3 is 1. The summed E-state index contributed by atoms with van der Waals surface area (Å²) in [5.74, 6) is 0.496. The van der Waals surface area contributed by atoms with E-state index in [1.807, 2.05) is 0 Å². The minimum atomic E-state index is -0.531. The number of nitro groups is 1. The number of aliphatic hydroxyl groups excluding tert-OH is 1. The topological polar surface area (TPSA) is 94.7 Å². The van der Waals surface area contributed by atoms with Gasteiger partial charge in [-0.3, -0.25) is 10.1 Å². The molecule has 1 aromatic carbocycles. The van der Waals surface area contributed by atoms with Crippen molar-refractivity contribution in [1.82, 2.24) is 4.98 Å². The van der Waals surface area contributed by atoms with Gasteiger partial charge in [-0.05, 0) is 29.8 Å². The van der Waals surface area contributed by atoms with E-state index in [4.69, 9.17) is 14.6 Å². The van der Waals surface area contributed by atoms with Crippen LogP contribution in [-0.4, -0.2) is 22.1 Å². The molecule has 0 fully saturated rings. The Hall–Kier alpha value is -2.67. The van der Waals surface area contributed by atoms with Crippen LogP contribution in [-0.2, 0) is 13.2 Å². The van der Waals surface area contributed by atoms with E-state index in [0.29, 0.717) is 17.0 Å². The van der Waals surface area contributed by atoms with E-state index < -0.39 is 4.92 Å². The highest BCUT2D eigenvalue weighted by Gasteiger charge is 2.16. The fourth-order valence-electron chi connectivity index (χ4n) is 1.80. The molecule has 7 heteroatoms. The van der Waals surface area contributed by atoms with E-state index >= 15 is 0 Å². The lowest BCUT2D eigenvalue weighted by Crippen LogP contribution is -2.02. The van der Waals surface area contributed by atoms with Gasteiger partial charge in [0.15, 0.2) is 5.75 Å². The summed E-state index contributed by atoms with van der Waals surface area (Å²) >= 11 is 0. The maximum absolute atomic E-state index is 11.0. The second-order valence-electron chi connectivity index (χ2n) is 4.18. The lowest BCUT2D eigenvalue weighted by molar-refractivity contribution is -0.386. The fourth-order valence-corrected chi connectivity index (χ4v) is 1.80. The van der Waals surface area contributed by atoms with Crippen LogP contribution in [0.1, 0.15) is 11.1 Å². The van der Waals surface area contributed by atoms with Crippen molar-refractivity contribution < 1.29 is 19.5 Å². The first-order valence-electron chi connectivity index (χ1n) is 6.14. The van der Waals surface area contributed by atoms with Gasteiger partial charge in [0.25, 0.3) is 0 Å². The molecule has 0 spiro atoms. The molecule has 0 bridgehead atoms. The Balaban J connectivity index is 2.24. The van der Waals surface area contributed by atoms with Crippen molar-refractivity contribution in [3.63, 3.8) is 0 Å². The molecule has 0 saturated carbocycles. The molecule has 110 valence electrons. The first-order chi connectivity index (χ1) is 10.2. The predicted octanol–water partition coefficient (Wildman–Crippen LogP) is 2.07. The molecule has 0 saturated heterocycles. The minimum absolute atomic E-state index is 0.0761. The van der Waals surface area contributed by atoms with E-state index in [0.717, 1.165) is 0 Å². The van der Waals surface area contributed by atoms with Gasteiger partial charge in [-0.25, -0.2) is 4.98 Å². The standard InChI is InChI=1S/C14H14N2O5/c1-20-14-11(3-2-6-15-14)9-21-13-7-10(8-17)4-5-12(13)16(18)19/h2-7,17H,8-9H2,1H3. The van der Waals surface area contributed by atoms with Crippen LogP contribution in [0.4, 0.5) is 5.69 Å². The molecule has 0 aliphatic heterocycles. The van der Waals surface area contributed by atoms with Crippen LogP contribution in [0.5, 0.6) is 11.6 Å². The lowest BCUT2D eigenvalue weighted by Gasteiger charge is -2.10. The SMILES string of the molecule is COc1ncccc1COc1cc(CO)ccc1[N+](=O)[O-]. The Morgan fingerprint density at radius 2 is 2.19 bits per heavy atom. The van der Waals surface area contributed by atoms with Crippen LogP contribution >= 0.6 is 0 Å². The molecule has 0 amide bonds. The molecular weight excluding hydrogens is 276 g/mol. The van der Waals surface area contributed by atoms with E-state index in [-0.39, 0.29) is 24.7 Å². The highest BCUT2D eigenvalue weighted by molar-refractivity contribution is 5.48. The monoisotopic (exact) mass is 290 g/mol. The normalized spacial score (nSPS) is 10.2. The largest absolute Gasteiger partial charge is 0.482 e. The summed E-state index contributed by atoms with van der Waals surface area (Å²) in [6, 6.07) is 7.71. The van der Waals surface area contributed by atoms with Crippen LogP contribution in [0, 0.1) is 10.1 Å². The van der Waals surface area contributed by atoms with Crippen molar-refractivity contribution in [2.45, 2.75) is 13.2 Å². The summed E-state index contributed by atoms with van der Waals surface area (Å²) in [5, 5.41) is 20.1. The van der Waals surface area contributed by atoms with Crippen molar-refractivity contribution in [1.29, 1.82) is 0 Å². The third kappa shape index (κ3) is 3.46. The van der Waals surface area contributed by atoms with Gasteiger partial charge in [-0.1, -0.05) is 0 Å². The number of aliphatic hydroxyl groups is 1. The van der Waals surface area contributed by atoms with Gasteiger partial charge in [0.2, 0.25) is 5.88 Å². The van der Waals surface area contributed by atoms with Gasteiger partial charge < -0.3 is 14.6 Å². The van der Waals surface area contributed by atoms with Gasteiger partial charge >= 0.3 is 5.69 Å². The number of ether oxygens (including phenoxy) is 2. The number of hydrogen-bond donors (Lipinski definition) is 1. The maximum Gasteiger partial charge on any atom is 0.310 e. The summed E-state index contributed by atoms with van der Waals surface area (Å²) in [6.07, 6.45) is 1.58. The molecule has 1 heterocycles. The van der Waals surface area contributed by atoms with Gasteiger partial charge in [-0.15, -0.1) is 0 Å². The second kappa shape index (κ2) is 6.67. The number of rotatable bonds is 6. The average Bonchev–Trinajstić information content (AvgIpc) is 2.52. The van der Waals surface area contributed by atoms with Crippen LogP contribution in [0.25, 0.3) is 0 Å². The van der Waals surface area contributed by atoms with Crippen LogP contribution in [0.3, 0.4) is 0 Å². The highest BCUT2D eigenvalue weighted by atomic mass is 16.6. The van der Waals surface area contributed by atoms with Crippen LogP contribution < -0.4 is 9.47 Å². The molecule has 1 N–H and O–H groups in total. The third-order valence-corrected chi connectivity index (χ3v) is 2.83. The van der Waals surface area contributed by atoms with Gasteiger partial charge in [0.1, 0.15) is 6.61 Å². The van der Waals surface area contributed by atoms with E-state index in [1.165, 1.54) is 25.3 Å². The zero-order valence-electron chi connectivity index (χ0n) is 11.4. The van der Waals surface area contributed by atoms with Crippen molar-refractivity contribution in [3.05, 3.63) is 57.8 Å². The van der Waals surface area contributed by atoms with Crippen LogP contribution in [0.15, 0.2) is 36.5 Å². The van der Waals surface area contributed by atoms with Gasteiger partial charge in [0, 0.05) is 12.3 Å². The summed E-state index contributed by atoms with van der Waals surface area (Å²) in [5.41, 5.74) is 1.05. The molecular formula is C14H14N2O5. The number of nitrogens with zero attached hydrogens (tertiary/aromatic N) is 2. The molecule has 0 radical (unpaired) electrons. The Labute approximate surface area is 120 Å². The van der Waals surface area contributed by atoms with E-state index in [1.54, 1.807) is 18.3 Å². The predicted molar refractivity (Wildman–Crippen MR) is 74.1 cm³/mol. The Morgan fingerprint density at radius 1 is 1.38 bits per heavy atom. The summed E-state index contributed by atoms with van der Waals surface area (Å²) in [6.45, 7) is -0.142. The van der Waals surface area contributed by atoms with Crippen molar-refractivity contribution in [2.24, 2.45) is 0 Å². The summed E-state index contributed by atoms with van der Waals surface area (Å²) in [7, 11) is 1.49. The van der Waals surface area contributed by atoms with Gasteiger partial charge in [-0.2, -0.15) is 0 Å². The molecule has 7 nitrogen and oxygen atoms in total. The fraction of sp³-hybridized carbons (Fsp3) is 0.214. The van der Waals surface area contributed by atoms with E-state index in [9.17, 15) is 10.1 Å². The zero-order chi connectivity index (χ0) is 15.2. The lowest BCUT2D eigenvalue weighted by atomic mass is 10.2. The first-order valence-corrected chi connectivity index (χ1v) is 6.14. The van der Waals surface area contributed by atoms with Crippen molar-refractivity contribution in [3.8, 4) is 11.6 Å². The number of pyridine rings is 1. The maximum atomic E-state index is 11.0. The second-order valence-corrected chi connectivity index (χ2v) is 4.18. The molecule has 2 aromatic rings. The average molecular weight is 290 g/mol. The molecule has 0 unspecified atom stereocenters. The quantitative estimate of drug-likeness (QED) is 0.646. The Kier molecular flexibility index (Phi) is 4.68. The molecule has 2 rings (SSSR count). The van der Waals surface area contributed by atoms with Crippen molar-refractivity contribution in [2.75, 3.05) is 7.11 Å². The summed E-state index contributed by atoms with van der Waals surface area (Å²) < 4.78 is 10.6. The molecule has 1 aromatic heterocycles. The summed E-state index contributed by atoms with van der Waals surface area (Å²) in [4.78, 5) is 14.5. The first kappa shape index (κ1) is 14.7. The minimum Gasteiger partial charge on any atom is -0.482 e. The number of benzene rings is 1. The Bertz CT molecular complexity index is 645. The molecule has 0 aliphatic carbocycles. The van der Waals surface area contributed by atoms with E-state index in [2.05, 4.69) is 4.98 Å². The molecule has 0 aliphatic rings. The zero-order valence-corrected chi connectivity index (χ0v) is 11.4. The molecule has 21 heavy (non-hydrogen) atoms. The van der Waals surface area contributed by atoms with Crippen molar-refractivity contribution >= 4 is 5.69 Å². The smallest absolute Gasteiger partial charge is 0.310 e. The number of nitro benzene ring substituents is 1. The Morgan fingerprint density at radius 3 is 2.86 bits per heavy atom. The highest BCUT2D eigenvalue weighted by Crippen LogP contribution is 2.29. The van der Waals surface area contributed by atoms with Crippen LogP contribution in [0.2, 0.25) is 0 Å².